The van der Waals surface area contributed by atoms with Crippen LogP contribution in [0.2, 0.25) is 0 Å². The number of hydrogen-bond donors (Lipinski definition) is 1. The maximum atomic E-state index is 13.4. The minimum Gasteiger partial charge on any atom is -0.480 e. The molecule has 1 atom stereocenters. The van der Waals surface area contributed by atoms with Crippen LogP contribution in [0.4, 0.5) is 4.39 Å². The highest BCUT2D eigenvalue weighted by Crippen LogP contribution is 2.35. The molecule has 0 aliphatic carbocycles. The van der Waals surface area contributed by atoms with Gasteiger partial charge in [0.2, 0.25) is 0 Å². The molecule has 0 bridgehead atoms. The zero-order chi connectivity index (χ0) is 21.3. The van der Waals surface area contributed by atoms with E-state index >= 15 is 0 Å². The summed E-state index contributed by atoms with van der Waals surface area (Å²) >= 11 is 0.948. The number of halogens is 1. The van der Waals surface area contributed by atoms with E-state index < -0.39 is 28.0 Å². The standard InChI is InChI=1S/C21H18FN3O3S/c1-21(2,3)17(19(27)28)29-20-24-16-10-12(11-23)4-9-15(16)18(26)25(20)14-7-5-13(22)6-8-14/h4-10,17H,1-3H3,(H,27,28). The summed E-state index contributed by atoms with van der Waals surface area (Å²) in [7, 11) is 0. The number of carboxylic acid groups (broad SMARTS) is 1. The number of thioether (sulfide) groups is 1. The number of rotatable bonds is 4. The normalized spacial score (nSPS) is 12.5. The summed E-state index contributed by atoms with van der Waals surface area (Å²) in [6.07, 6.45) is 0. The third-order valence-corrected chi connectivity index (χ3v) is 5.92. The fraction of sp³-hybridized carbons (Fsp3) is 0.238. The molecule has 0 saturated carbocycles. The third-order valence-electron chi connectivity index (χ3n) is 4.29. The SMILES string of the molecule is CC(C)(C)C(Sc1nc2cc(C#N)ccc2c(=O)n1-c1ccc(F)cc1)C(=O)O. The van der Waals surface area contributed by atoms with Crippen molar-refractivity contribution in [2.45, 2.75) is 31.2 Å². The second kappa shape index (κ2) is 7.68. The van der Waals surface area contributed by atoms with Crippen molar-refractivity contribution in [3.8, 4) is 11.8 Å². The van der Waals surface area contributed by atoms with Crippen molar-refractivity contribution < 1.29 is 14.3 Å². The molecular formula is C21H18FN3O3S. The van der Waals surface area contributed by atoms with Crippen LogP contribution < -0.4 is 5.56 Å². The van der Waals surface area contributed by atoms with Crippen LogP contribution in [-0.4, -0.2) is 25.9 Å². The van der Waals surface area contributed by atoms with Gasteiger partial charge in [-0.15, -0.1) is 0 Å². The van der Waals surface area contributed by atoms with Gasteiger partial charge in [-0.3, -0.25) is 14.2 Å². The van der Waals surface area contributed by atoms with Crippen LogP contribution in [0.5, 0.6) is 0 Å². The maximum absolute atomic E-state index is 13.4. The molecule has 1 heterocycles. The van der Waals surface area contributed by atoms with E-state index in [9.17, 15) is 19.1 Å². The van der Waals surface area contributed by atoms with Crippen LogP contribution in [0.15, 0.2) is 52.4 Å². The Labute approximate surface area is 170 Å². The molecule has 6 nitrogen and oxygen atoms in total. The first-order chi connectivity index (χ1) is 13.6. The minimum atomic E-state index is -1.03. The molecular weight excluding hydrogens is 393 g/mol. The Morgan fingerprint density at radius 3 is 2.45 bits per heavy atom. The average Bonchev–Trinajstić information content (AvgIpc) is 2.65. The second-order valence-electron chi connectivity index (χ2n) is 7.56. The van der Waals surface area contributed by atoms with Crippen molar-refractivity contribution in [3.63, 3.8) is 0 Å². The molecule has 0 aliphatic rings. The van der Waals surface area contributed by atoms with Gasteiger partial charge in [0.05, 0.1) is 28.2 Å². The molecule has 0 amide bonds. The summed E-state index contributed by atoms with van der Waals surface area (Å²) < 4.78 is 14.7. The van der Waals surface area contributed by atoms with E-state index in [1.54, 1.807) is 20.8 Å². The van der Waals surface area contributed by atoms with Gasteiger partial charge in [0.25, 0.3) is 5.56 Å². The minimum absolute atomic E-state index is 0.159. The first kappa shape index (κ1) is 20.6. The summed E-state index contributed by atoms with van der Waals surface area (Å²) in [4.78, 5) is 29.6. The lowest BCUT2D eigenvalue weighted by Gasteiger charge is -2.27. The molecule has 3 aromatic rings. The molecule has 1 aromatic heterocycles. The molecule has 0 fully saturated rings. The largest absolute Gasteiger partial charge is 0.480 e. The molecule has 0 spiro atoms. The van der Waals surface area contributed by atoms with Crippen LogP contribution in [0.3, 0.4) is 0 Å². The number of nitriles is 1. The second-order valence-corrected chi connectivity index (χ2v) is 8.63. The van der Waals surface area contributed by atoms with Crippen molar-refractivity contribution in [1.29, 1.82) is 5.26 Å². The van der Waals surface area contributed by atoms with Crippen LogP contribution >= 0.6 is 11.8 Å². The lowest BCUT2D eigenvalue weighted by molar-refractivity contribution is -0.138. The van der Waals surface area contributed by atoms with Gasteiger partial charge in [0.1, 0.15) is 11.1 Å². The van der Waals surface area contributed by atoms with E-state index in [0.717, 1.165) is 11.8 Å². The molecule has 1 N–H and O–H groups in total. The molecule has 1 unspecified atom stereocenters. The van der Waals surface area contributed by atoms with E-state index in [0.29, 0.717) is 16.8 Å². The van der Waals surface area contributed by atoms with E-state index in [-0.39, 0.29) is 10.5 Å². The van der Waals surface area contributed by atoms with Crippen LogP contribution in [-0.2, 0) is 4.79 Å². The van der Waals surface area contributed by atoms with E-state index in [1.807, 2.05) is 6.07 Å². The molecule has 2 aromatic carbocycles. The Morgan fingerprint density at radius 2 is 1.90 bits per heavy atom. The summed E-state index contributed by atoms with van der Waals surface area (Å²) in [6.45, 7) is 5.36. The molecule has 8 heteroatoms. The fourth-order valence-electron chi connectivity index (χ4n) is 2.83. The highest BCUT2D eigenvalue weighted by Gasteiger charge is 2.34. The van der Waals surface area contributed by atoms with E-state index in [1.165, 1.54) is 47.0 Å². The van der Waals surface area contributed by atoms with Gasteiger partial charge >= 0.3 is 5.97 Å². The lowest BCUT2D eigenvalue weighted by atomic mass is 9.92. The average molecular weight is 411 g/mol. The van der Waals surface area contributed by atoms with Gasteiger partial charge < -0.3 is 5.11 Å². The monoisotopic (exact) mass is 411 g/mol. The summed E-state index contributed by atoms with van der Waals surface area (Å²) in [5.74, 6) is -1.49. The Hall–Kier alpha value is -3.18. The van der Waals surface area contributed by atoms with Gasteiger partial charge in [-0.1, -0.05) is 32.5 Å². The Morgan fingerprint density at radius 1 is 1.24 bits per heavy atom. The van der Waals surface area contributed by atoms with Crippen molar-refractivity contribution in [2.75, 3.05) is 0 Å². The molecule has 3 rings (SSSR count). The molecule has 0 saturated heterocycles. The van der Waals surface area contributed by atoms with Crippen LogP contribution in [0.1, 0.15) is 26.3 Å². The van der Waals surface area contributed by atoms with Crippen molar-refractivity contribution in [3.05, 3.63) is 64.2 Å². The summed E-state index contributed by atoms with van der Waals surface area (Å²) in [6, 6.07) is 11.8. The molecule has 148 valence electrons. The highest BCUT2D eigenvalue weighted by molar-refractivity contribution is 8.00. The molecule has 0 aliphatic heterocycles. The van der Waals surface area contributed by atoms with Crippen LogP contribution in [0, 0.1) is 22.6 Å². The van der Waals surface area contributed by atoms with Gasteiger partial charge in [-0.25, -0.2) is 9.37 Å². The maximum Gasteiger partial charge on any atom is 0.317 e. The first-order valence-electron chi connectivity index (χ1n) is 8.74. The molecule has 0 radical (unpaired) electrons. The topological polar surface area (TPSA) is 96.0 Å². The quantitative estimate of drug-likeness (QED) is 0.515. The Balaban J connectivity index is 2.31. The summed E-state index contributed by atoms with van der Waals surface area (Å²) in [5.41, 5.74) is -0.0357. The van der Waals surface area contributed by atoms with Gasteiger partial charge in [-0.2, -0.15) is 5.26 Å². The number of fused-ring (bicyclic) bond motifs is 1. The van der Waals surface area contributed by atoms with Crippen molar-refractivity contribution >= 4 is 28.6 Å². The Kier molecular flexibility index (Phi) is 5.44. The van der Waals surface area contributed by atoms with Gasteiger partial charge in [0, 0.05) is 0 Å². The van der Waals surface area contributed by atoms with Crippen LogP contribution in [0.25, 0.3) is 16.6 Å². The highest BCUT2D eigenvalue weighted by atomic mass is 32.2. The van der Waals surface area contributed by atoms with E-state index in [2.05, 4.69) is 4.98 Å². The fourth-order valence-corrected chi connectivity index (χ4v) is 3.94. The predicted molar refractivity (Wildman–Crippen MR) is 109 cm³/mol. The smallest absolute Gasteiger partial charge is 0.317 e. The zero-order valence-electron chi connectivity index (χ0n) is 16.0. The van der Waals surface area contributed by atoms with E-state index in [4.69, 9.17) is 5.26 Å². The number of aliphatic carboxylic acids is 1. The van der Waals surface area contributed by atoms with Crippen molar-refractivity contribution in [2.24, 2.45) is 5.41 Å². The molecule has 29 heavy (non-hydrogen) atoms. The third kappa shape index (κ3) is 4.15. The lowest BCUT2D eigenvalue weighted by Crippen LogP contribution is -2.33. The predicted octanol–water partition coefficient (Wildman–Crippen LogP) is 3.99. The number of aromatic nitrogens is 2. The number of carboxylic acids is 1. The number of nitrogens with zero attached hydrogens (tertiary/aromatic N) is 3. The number of carbonyl (C=O) groups is 1. The van der Waals surface area contributed by atoms with Gasteiger partial charge in [0.15, 0.2) is 5.16 Å². The number of benzene rings is 2. The Bertz CT molecular complexity index is 1190. The van der Waals surface area contributed by atoms with Gasteiger partial charge in [-0.05, 0) is 47.9 Å². The first-order valence-corrected chi connectivity index (χ1v) is 9.62. The van der Waals surface area contributed by atoms with Crippen molar-refractivity contribution in [1.82, 2.24) is 9.55 Å². The zero-order valence-corrected chi connectivity index (χ0v) is 16.8. The summed E-state index contributed by atoms with van der Waals surface area (Å²) in [5, 5.41) is 18.4. The number of hydrogen-bond acceptors (Lipinski definition) is 5.